The molecule has 3 aromatic rings. The van der Waals surface area contributed by atoms with Gasteiger partial charge < -0.3 is 20.3 Å². The van der Waals surface area contributed by atoms with E-state index in [1.165, 1.54) is 37.5 Å². The van der Waals surface area contributed by atoms with E-state index >= 15 is 4.39 Å². The van der Waals surface area contributed by atoms with E-state index < -0.39 is 21.4 Å². The highest BCUT2D eigenvalue weighted by atomic mass is 32.2. The molecule has 0 spiro atoms. The van der Waals surface area contributed by atoms with Gasteiger partial charge in [0.1, 0.15) is 11.4 Å². The lowest BCUT2D eigenvalue weighted by Crippen LogP contribution is -2.45. The number of nitrogens with one attached hydrogen (secondary N) is 2. The van der Waals surface area contributed by atoms with Crippen LogP contribution in [0.4, 0.5) is 10.3 Å². The van der Waals surface area contributed by atoms with Crippen LogP contribution in [0.3, 0.4) is 0 Å². The number of fused-ring (bicyclic) bond motifs is 1. The number of primary sulfonamides is 1. The minimum absolute atomic E-state index is 0.122. The quantitative estimate of drug-likeness (QED) is 0.392. The molecule has 1 aliphatic carbocycles. The molecule has 2 aliphatic rings. The van der Waals surface area contributed by atoms with Crippen molar-refractivity contribution in [3.63, 3.8) is 0 Å². The number of methoxy groups -OCH3 is 1. The van der Waals surface area contributed by atoms with Gasteiger partial charge in [0.05, 0.1) is 17.5 Å². The maximum Gasteiger partial charge on any atom is 0.238 e. The van der Waals surface area contributed by atoms with Crippen molar-refractivity contribution in [1.29, 1.82) is 0 Å². The van der Waals surface area contributed by atoms with Crippen LogP contribution >= 0.6 is 0 Å². The van der Waals surface area contributed by atoms with E-state index in [0.717, 1.165) is 42.1 Å². The van der Waals surface area contributed by atoms with E-state index in [4.69, 9.17) is 14.9 Å². The Bertz CT molecular complexity index is 1600. The zero-order chi connectivity index (χ0) is 28.7. The average molecular weight is 567 g/mol. The molecule has 1 aliphatic heterocycles. The number of benzene rings is 2. The Hall–Kier alpha value is -3.54. The molecular weight excluding hydrogens is 531 g/mol. The number of nitrogens with two attached hydrogens (primary N) is 1. The molecule has 1 saturated carbocycles. The van der Waals surface area contributed by atoms with Crippen LogP contribution in [-0.4, -0.2) is 56.6 Å². The second-order valence-electron chi connectivity index (χ2n) is 10.7. The monoisotopic (exact) mass is 566 g/mol. The number of dihydropyridines is 1. The first-order valence-electron chi connectivity index (χ1n) is 13.3. The van der Waals surface area contributed by atoms with E-state index in [1.54, 1.807) is 12.3 Å². The van der Waals surface area contributed by atoms with Crippen LogP contribution in [0.5, 0.6) is 0 Å². The van der Waals surface area contributed by atoms with Gasteiger partial charge in [-0.3, -0.25) is 0 Å². The third-order valence-electron chi connectivity index (χ3n) is 7.93. The summed E-state index contributed by atoms with van der Waals surface area (Å²) in [4.78, 5) is 11.6. The van der Waals surface area contributed by atoms with Crippen molar-refractivity contribution in [3.8, 4) is 0 Å². The van der Waals surface area contributed by atoms with Gasteiger partial charge in [-0.15, -0.1) is 0 Å². The van der Waals surface area contributed by atoms with Crippen molar-refractivity contribution < 1.29 is 17.5 Å². The molecule has 0 saturated heterocycles. The van der Waals surface area contributed by atoms with Crippen molar-refractivity contribution in [3.05, 3.63) is 83.1 Å². The highest BCUT2D eigenvalue weighted by Crippen LogP contribution is 2.42. The van der Waals surface area contributed by atoms with Gasteiger partial charge in [0.2, 0.25) is 16.0 Å². The van der Waals surface area contributed by atoms with Crippen LogP contribution in [0, 0.1) is 6.92 Å². The Kier molecular flexibility index (Phi) is 7.56. The number of aromatic nitrogens is 2. The number of hydrogen-bond acceptors (Lipinski definition) is 8. The van der Waals surface area contributed by atoms with Crippen LogP contribution in [0.15, 0.2) is 71.4 Å². The highest BCUT2D eigenvalue weighted by Gasteiger charge is 2.42. The summed E-state index contributed by atoms with van der Waals surface area (Å²) in [5.41, 5.74) is 0.883. The van der Waals surface area contributed by atoms with Gasteiger partial charge in [0.15, 0.2) is 5.88 Å². The minimum Gasteiger partial charge on any atom is -0.482 e. The minimum atomic E-state index is -4.02. The van der Waals surface area contributed by atoms with Crippen LogP contribution in [-0.2, 0) is 20.3 Å². The smallest absolute Gasteiger partial charge is 0.238 e. The predicted molar refractivity (Wildman–Crippen MR) is 154 cm³/mol. The van der Waals surface area contributed by atoms with Gasteiger partial charge in [0, 0.05) is 29.7 Å². The van der Waals surface area contributed by atoms with Crippen LogP contribution in [0.25, 0.3) is 10.9 Å². The van der Waals surface area contributed by atoms with E-state index in [0.29, 0.717) is 35.0 Å². The predicted octanol–water partition coefficient (Wildman–Crippen LogP) is 4.06. The summed E-state index contributed by atoms with van der Waals surface area (Å²) in [7, 11) is 1.70. The molecule has 1 unspecified atom stereocenters. The lowest BCUT2D eigenvalue weighted by molar-refractivity contribution is 0.221. The third-order valence-corrected chi connectivity index (χ3v) is 8.84. The molecule has 2 heterocycles. The Morgan fingerprint density at radius 3 is 2.55 bits per heavy atom. The molecule has 1 aromatic heterocycles. The molecule has 9 nitrogen and oxygen atoms in total. The average Bonchev–Trinajstić information content (AvgIpc) is 2.93. The summed E-state index contributed by atoms with van der Waals surface area (Å²) < 4.78 is 45.7. The molecule has 1 atom stereocenters. The number of ether oxygens (including phenoxy) is 1. The summed E-state index contributed by atoms with van der Waals surface area (Å²) in [5, 5.41) is 12.8. The lowest BCUT2D eigenvalue weighted by Gasteiger charge is -2.38. The lowest BCUT2D eigenvalue weighted by atomic mass is 9.79. The van der Waals surface area contributed by atoms with E-state index in [2.05, 4.69) is 34.6 Å². The first-order chi connectivity index (χ1) is 19.0. The maximum absolute atomic E-state index is 16.0. The van der Waals surface area contributed by atoms with Crippen molar-refractivity contribution in [2.24, 2.45) is 5.14 Å². The maximum atomic E-state index is 16.0. The summed E-state index contributed by atoms with van der Waals surface area (Å²) in [6.07, 6.45) is 8.88. The fourth-order valence-corrected chi connectivity index (χ4v) is 6.26. The second kappa shape index (κ2) is 10.8. The molecule has 4 N–H and O–H groups in total. The Balaban J connectivity index is 1.55. The molecule has 0 bridgehead atoms. The normalized spacial score (nSPS) is 23.4. The molecule has 0 radical (unpaired) electrons. The third kappa shape index (κ3) is 5.28. The number of sulfonamides is 1. The zero-order valence-corrected chi connectivity index (χ0v) is 23.9. The summed E-state index contributed by atoms with van der Waals surface area (Å²) in [5.74, 6) is 0.352. The van der Waals surface area contributed by atoms with Crippen molar-refractivity contribution in [2.45, 2.75) is 55.1 Å². The number of allylic oxidation sites excluding steroid dienone is 2. The van der Waals surface area contributed by atoms with E-state index in [9.17, 15) is 8.42 Å². The first-order valence-corrected chi connectivity index (χ1v) is 14.8. The zero-order valence-electron chi connectivity index (χ0n) is 23.1. The van der Waals surface area contributed by atoms with Gasteiger partial charge >= 0.3 is 0 Å². The van der Waals surface area contributed by atoms with Crippen LogP contribution in [0.1, 0.15) is 42.4 Å². The Labute approximate surface area is 234 Å². The number of anilines is 1. The second-order valence-corrected chi connectivity index (χ2v) is 12.3. The number of hydrogen-bond donors (Lipinski definition) is 3. The standard InChI is InChI=1S/C29H35FN6O3S/c1-18-14-21(15-19-17-32-28(34-27(18)19)33-22-8-10-23(11-9-22)36(2)3)29(25(30)12-13-26(35-29)39-4)20-6-5-7-24(16-20)40(31,37)38/h5-7,12-17,22-23,35H,8-11H2,1-4H3,(H2,31,37,38)(H,32,33,34). The van der Waals surface area contributed by atoms with Crippen molar-refractivity contribution in [2.75, 3.05) is 26.5 Å². The molecule has 1 fully saturated rings. The number of halogens is 1. The van der Waals surface area contributed by atoms with Crippen molar-refractivity contribution >= 4 is 26.9 Å². The van der Waals surface area contributed by atoms with Gasteiger partial charge in [-0.2, -0.15) is 0 Å². The molecule has 2 aromatic carbocycles. The molecule has 5 rings (SSSR count). The Morgan fingerprint density at radius 1 is 1.12 bits per heavy atom. The van der Waals surface area contributed by atoms with Gasteiger partial charge in [-0.25, -0.2) is 27.9 Å². The van der Waals surface area contributed by atoms with Crippen LogP contribution in [0.2, 0.25) is 0 Å². The Morgan fingerprint density at radius 2 is 1.88 bits per heavy atom. The summed E-state index contributed by atoms with van der Waals surface area (Å²) in [6, 6.07) is 10.5. The fourth-order valence-electron chi connectivity index (χ4n) is 5.70. The molecule has 11 heteroatoms. The van der Waals surface area contributed by atoms with Gasteiger partial charge in [-0.1, -0.05) is 18.2 Å². The number of rotatable bonds is 7. The summed E-state index contributed by atoms with van der Waals surface area (Å²) >= 11 is 0. The highest BCUT2D eigenvalue weighted by molar-refractivity contribution is 7.89. The molecular formula is C29H35FN6O3S. The van der Waals surface area contributed by atoms with Gasteiger partial charge in [-0.05, 0) is 87.7 Å². The topological polar surface area (TPSA) is 122 Å². The summed E-state index contributed by atoms with van der Waals surface area (Å²) in [6.45, 7) is 1.91. The van der Waals surface area contributed by atoms with Gasteiger partial charge in [0.25, 0.3) is 0 Å². The first kappa shape index (κ1) is 28.0. The molecule has 212 valence electrons. The number of aryl methyl sites for hydroxylation is 1. The van der Waals surface area contributed by atoms with E-state index in [-0.39, 0.29) is 4.90 Å². The fraction of sp³-hybridized carbons (Fsp3) is 0.379. The van der Waals surface area contributed by atoms with Crippen LogP contribution < -0.4 is 15.8 Å². The largest absolute Gasteiger partial charge is 0.482 e. The molecule has 0 amide bonds. The SMILES string of the molecule is COC1=CC=C(F)C(c2cccc(S(N)(=O)=O)c2)(c2cc(C)c3nc(NC4CCC(N(C)C)CC4)ncc3c2)N1. The van der Waals surface area contributed by atoms with E-state index in [1.807, 2.05) is 19.1 Å². The molecule has 40 heavy (non-hydrogen) atoms. The van der Waals surface area contributed by atoms with Crippen molar-refractivity contribution in [1.82, 2.24) is 20.2 Å². The number of nitrogens with zero attached hydrogens (tertiary/aromatic N) is 3.